The van der Waals surface area contributed by atoms with E-state index in [2.05, 4.69) is 23.4 Å². The van der Waals surface area contributed by atoms with Crippen LogP contribution in [-0.4, -0.2) is 33.4 Å². The molecule has 0 radical (unpaired) electrons. The molecule has 1 aromatic heterocycles. The fourth-order valence-corrected chi connectivity index (χ4v) is 3.50. The van der Waals surface area contributed by atoms with Crippen LogP contribution in [0.25, 0.3) is 11.0 Å². The molecule has 1 amide bonds. The highest BCUT2D eigenvalue weighted by molar-refractivity contribution is 5.77. The van der Waals surface area contributed by atoms with Gasteiger partial charge in [0.05, 0.1) is 11.0 Å². The standard InChI is InChI=1S/C18H24FN3O/c1-12(2)10-18(23)21-8-6-15(7-9-21)22-13(3)20-16-5-4-14(19)11-17(16)22/h4-5,11-12,15H,6-10H2,1-3H3. The summed E-state index contributed by atoms with van der Waals surface area (Å²) >= 11 is 0. The van der Waals surface area contributed by atoms with Crippen LogP contribution in [0.15, 0.2) is 18.2 Å². The second-order valence-electron chi connectivity index (χ2n) is 6.87. The Hall–Kier alpha value is -1.91. The lowest BCUT2D eigenvalue weighted by Gasteiger charge is -2.33. The number of carbonyl (C=O) groups excluding carboxylic acids is 1. The monoisotopic (exact) mass is 317 g/mol. The van der Waals surface area contributed by atoms with Crippen molar-refractivity contribution in [2.75, 3.05) is 13.1 Å². The topological polar surface area (TPSA) is 38.1 Å². The van der Waals surface area contributed by atoms with Crippen molar-refractivity contribution in [2.24, 2.45) is 5.92 Å². The lowest BCUT2D eigenvalue weighted by molar-refractivity contribution is -0.133. The summed E-state index contributed by atoms with van der Waals surface area (Å²) in [6.45, 7) is 7.64. The minimum atomic E-state index is -0.233. The van der Waals surface area contributed by atoms with Gasteiger partial charge in [-0.3, -0.25) is 4.79 Å². The second kappa shape index (κ2) is 6.30. The Morgan fingerprint density at radius 1 is 1.35 bits per heavy atom. The van der Waals surface area contributed by atoms with Gasteiger partial charge in [0.1, 0.15) is 11.6 Å². The molecular formula is C18H24FN3O. The number of aryl methyl sites for hydroxylation is 1. The Balaban J connectivity index is 1.77. The van der Waals surface area contributed by atoms with Crippen LogP contribution >= 0.6 is 0 Å². The molecule has 3 rings (SSSR count). The number of nitrogens with zero attached hydrogens (tertiary/aromatic N) is 3. The average molecular weight is 317 g/mol. The predicted octanol–water partition coefficient (Wildman–Crippen LogP) is 3.69. The number of piperidine rings is 1. The van der Waals surface area contributed by atoms with Crippen LogP contribution in [0.1, 0.15) is 45.0 Å². The maximum Gasteiger partial charge on any atom is 0.222 e. The molecule has 5 heteroatoms. The van der Waals surface area contributed by atoms with Gasteiger partial charge in [0.15, 0.2) is 0 Å². The second-order valence-corrected chi connectivity index (χ2v) is 6.87. The minimum Gasteiger partial charge on any atom is -0.343 e. The zero-order valence-electron chi connectivity index (χ0n) is 14.1. The SMILES string of the molecule is Cc1nc2ccc(F)cc2n1C1CCN(C(=O)CC(C)C)CC1. The summed E-state index contributed by atoms with van der Waals surface area (Å²) in [5.74, 6) is 1.32. The van der Waals surface area contributed by atoms with Crippen molar-refractivity contribution in [3.05, 3.63) is 29.8 Å². The fraction of sp³-hybridized carbons (Fsp3) is 0.556. The number of benzene rings is 1. The lowest BCUT2D eigenvalue weighted by Crippen LogP contribution is -2.39. The molecule has 2 heterocycles. The number of likely N-dealkylation sites (tertiary alicyclic amines) is 1. The van der Waals surface area contributed by atoms with E-state index in [9.17, 15) is 9.18 Å². The van der Waals surface area contributed by atoms with Crippen LogP contribution in [0.5, 0.6) is 0 Å². The molecule has 2 aromatic rings. The van der Waals surface area contributed by atoms with Crippen molar-refractivity contribution in [1.29, 1.82) is 0 Å². The number of aromatic nitrogens is 2. The van der Waals surface area contributed by atoms with Crippen molar-refractivity contribution < 1.29 is 9.18 Å². The molecule has 1 aliphatic rings. The maximum absolute atomic E-state index is 13.6. The van der Waals surface area contributed by atoms with Gasteiger partial charge in [-0.05, 0) is 43.9 Å². The van der Waals surface area contributed by atoms with Crippen molar-refractivity contribution >= 4 is 16.9 Å². The Morgan fingerprint density at radius 3 is 2.70 bits per heavy atom. The fourth-order valence-electron chi connectivity index (χ4n) is 3.50. The quantitative estimate of drug-likeness (QED) is 0.866. The van der Waals surface area contributed by atoms with Gasteiger partial charge in [0, 0.05) is 25.6 Å². The van der Waals surface area contributed by atoms with E-state index in [0.717, 1.165) is 42.8 Å². The highest BCUT2D eigenvalue weighted by atomic mass is 19.1. The molecule has 0 atom stereocenters. The zero-order valence-corrected chi connectivity index (χ0v) is 14.1. The molecule has 0 unspecified atom stereocenters. The van der Waals surface area contributed by atoms with E-state index >= 15 is 0 Å². The Bertz CT molecular complexity index is 714. The van der Waals surface area contributed by atoms with Crippen molar-refractivity contribution in [3.63, 3.8) is 0 Å². The van der Waals surface area contributed by atoms with Gasteiger partial charge in [-0.25, -0.2) is 9.37 Å². The van der Waals surface area contributed by atoms with E-state index in [1.54, 1.807) is 12.1 Å². The summed E-state index contributed by atoms with van der Waals surface area (Å²) in [7, 11) is 0. The lowest BCUT2D eigenvalue weighted by atomic mass is 10.0. The van der Waals surface area contributed by atoms with Crippen LogP contribution in [0.2, 0.25) is 0 Å². The van der Waals surface area contributed by atoms with Crippen molar-refractivity contribution in [1.82, 2.24) is 14.5 Å². The van der Waals surface area contributed by atoms with E-state index in [0.29, 0.717) is 12.3 Å². The average Bonchev–Trinajstić information content (AvgIpc) is 2.82. The van der Waals surface area contributed by atoms with Gasteiger partial charge in [-0.2, -0.15) is 0 Å². The number of rotatable bonds is 3. The number of halogens is 1. The Labute approximate surface area is 136 Å². The largest absolute Gasteiger partial charge is 0.343 e. The number of carbonyl (C=O) groups is 1. The van der Waals surface area contributed by atoms with Gasteiger partial charge in [-0.1, -0.05) is 13.8 Å². The normalized spacial score (nSPS) is 16.5. The molecule has 1 saturated heterocycles. The molecule has 0 N–H and O–H groups in total. The number of hydrogen-bond acceptors (Lipinski definition) is 2. The molecule has 1 aromatic carbocycles. The first-order valence-electron chi connectivity index (χ1n) is 8.37. The molecule has 0 saturated carbocycles. The van der Waals surface area contributed by atoms with Crippen LogP contribution in [0.3, 0.4) is 0 Å². The summed E-state index contributed by atoms with van der Waals surface area (Å²) in [5, 5.41) is 0. The highest BCUT2D eigenvalue weighted by Gasteiger charge is 2.26. The summed E-state index contributed by atoms with van der Waals surface area (Å²) in [6, 6.07) is 5.03. The molecule has 1 aliphatic heterocycles. The highest BCUT2D eigenvalue weighted by Crippen LogP contribution is 2.29. The molecular weight excluding hydrogens is 293 g/mol. The third-order valence-electron chi connectivity index (χ3n) is 4.59. The van der Waals surface area contributed by atoms with E-state index in [1.807, 2.05) is 11.8 Å². The van der Waals surface area contributed by atoms with Gasteiger partial charge < -0.3 is 9.47 Å². The molecule has 124 valence electrons. The number of hydrogen-bond donors (Lipinski definition) is 0. The first-order chi connectivity index (χ1) is 11.0. The Kier molecular flexibility index (Phi) is 4.37. The molecule has 23 heavy (non-hydrogen) atoms. The van der Waals surface area contributed by atoms with Crippen LogP contribution in [-0.2, 0) is 4.79 Å². The van der Waals surface area contributed by atoms with Gasteiger partial charge in [0.25, 0.3) is 0 Å². The zero-order chi connectivity index (χ0) is 16.6. The number of imidazole rings is 1. The molecule has 4 nitrogen and oxygen atoms in total. The first-order valence-corrected chi connectivity index (χ1v) is 8.37. The van der Waals surface area contributed by atoms with Gasteiger partial charge >= 0.3 is 0 Å². The Morgan fingerprint density at radius 2 is 2.04 bits per heavy atom. The van der Waals surface area contributed by atoms with E-state index < -0.39 is 0 Å². The summed E-state index contributed by atoms with van der Waals surface area (Å²) in [4.78, 5) is 18.7. The molecule has 0 aliphatic carbocycles. The van der Waals surface area contributed by atoms with E-state index in [1.165, 1.54) is 6.07 Å². The molecule has 1 fully saturated rings. The van der Waals surface area contributed by atoms with Gasteiger partial charge in [-0.15, -0.1) is 0 Å². The van der Waals surface area contributed by atoms with E-state index in [-0.39, 0.29) is 17.8 Å². The third-order valence-corrected chi connectivity index (χ3v) is 4.59. The van der Waals surface area contributed by atoms with Crippen molar-refractivity contribution in [3.8, 4) is 0 Å². The summed E-state index contributed by atoms with van der Waals surface area (Å²) in [5.41, 5.74) is 1.69. The van der Waals surface area contributed by atoms with Crippen molar-refractivity contribution in [2.45, 2.75) is 46.1 Å². The first kappa shape index (κ1) is 16.0. The van der Waals surface area contributed by atoms with Crippen LogP contribution in [0, 0.1) is 18.7 Å². The minimum absolute atomic E-state index is 0.233. The maximum atomic E-state index is 13.6. The third kappa shape index (κ3) is 3.23. The van der Waals surface area contributed by atoms with Crippen LogP contribution in [0.4, 0.5) is 4.39 Å². The molecule has 0 bridgehead atoms. The summed E-state index contributed by atoms with van der Waals surface area (Å²) in [6.07, 6.45) is 2.40. The smallest absolute Gasteiger partial charge is 0.222 e. The number of fused-ring (bicyclic) bond motifs is 1. The molecule has 0 spiro atoms. The predicted molar refractivity (Wildman–Crippen MR) is 88.7 cm³/mol. The van der Waals surface area contributed by atoms with Gasteiger partial charge in [0.2, 0.25) is 5.91 Å². The van der Waals surface area contributed by atoms with E-state index in [4.69, 9.17) is 0 Å². The summed E-state index contributed by atoms with van der Waals surface area (Å²) < 4.78 is 15.7. The van der Waals surface area contributed by atoms with Crippen LogP contribution < -0.4 is 0 Å². The number of amides is 1.